The van der Waals surface area contributed by atoms with E-state index in [1.165, 1.54) is 19.9 Å². The molecule has 0 aromatic carbocycles. The van der Waals surface area contributed by atoms with Crippen molar-refractivity contribution in [1.29, 1.82) is 0 Å². The van der Waals surface area contributed by atoms with Crippen molar-refractivity contribution in [3.8, 4) is 0 Å². The minimum atomic E-state index is -1.18. The summed E-state index contributed by atoms with van der Waals surface area (Å²) in [6, 6.07) is 0. The van der Waals surface area contributed by atoms with Crippen LogP contribution in [0.1, 0.15) is 27.2 Å². The Morgan fingerprint density at radius 2 is 1.94 bits per heavy atom. The highest BCUT2D eigenvalue weighted by Gasteiger charge is 2.17. The van der Waals surface area contributed by atoms with E-state index in [1.807, 2.05) is 0 Å². The molecule has 0 saturated carbocycles. The highest BCUT2D eigenvalue weighted by Crippen LogP contribution is 2.07. The Morgan fingerprint density at radius 3 is 2.38 bits per heavy atom. The lowest BCUT2D eigenvalue weighted by Gasteiger charge is -2.16. The smallest absolute Gasteiger partial charge is 0.333 e. The summed E-state index contributed by atoms with van der Waals surface area (Å²) < 4.78 is 4.72. The summed E-state index contributed by atoms with van der Waals surface area (Å²) in [5, 5.41) is 28.0. The van der Waals surface area contributed by atoms with Crippen molar-refractivity contribution in [2.75, 3.05) is 6.61 Å². The van der Waals surface area contributed by atoms with Crippen LogP contribution in [0, 0.1) is 0 Å². The predicted molar refractivity (Wildman–Crippen MR) is 58.7 cm³/mol. The molecule has 16 heavy (non-hydrogen) atoms. The van der Waals surface area contributed by atoms with Crippen molar-refractivity contribution in [1.82, 2.24) is 0 Å². The fourth-order valence-electron chi connectivity index (χ4n) is 1.17. The number of aliphatic hydroxyl groups excluding tert-OH is 3. The third-order valence-corrected chi connectivity index (χ3v) is 1.99. The number of hydrogen-bond acceptors (Lipinski definition) is 5. The van der Waals surface area contributed by atoms with Gasteiger partial charge in [-0.2, -0.15) is 0 Å². The van der Waals surface area contributed by atoms with E-state index in [0.717, 1.165) is 0 Å². The number of carbonyl (C=O) groups is 1. The third-order valence-electron chi connectivity index (χ3n) is 1.99. The summed E-state index contributed by atoms with van der Waals surface area (Å²) in [5.41, 5.74) is 0.235. The molecule has 3 atom stereocenters. The Hall–Kier alpha value is -0.910. The Morgan fingerprint density at radius 1 is 1.38 bits per heavy atom. The topological polar surface area (TPSA) is 87.0 Å². The zero-order valence-corrected chi connectivity index (χ0v) is 9.88. The molecule has 0 rings (SSSR count). The van der Waals surface area contributed by atoms with Crippen LogP contribution in [0.3, 0.4) is 0 Å². The van der Waals surface area contributed by atoms with Gasteiger partial charge in [-0.15, -0.1) is 0 Å². The standard InChI is InChI=1S/C11H20O5/c1-4-16-11(15)7(2)5-9(13)10(14)6-8(3)12/h5,8-10,12-14H,4,6H2,1-3H3/b7-5+/t8-,9-,10-/m0/s1. The summed E-state index contributed by atoms with van der Waals surface area (Å²) in [6.07, 6.45) is -1.71. The monoisotopic (exact) mass is 232 g/mol. The Kier molecular flexibility index (Phi) is 6.96. The fourth-order valence-corrected chi connectivity index (χ4v) is 1.17. The fraction of sp³-hybridized carbons (Fsp3) is 0.727. The molecule has 0 aromatic heterocycles. The van der Waals surface area contributed by atoms with Gasteiger partial charge in [0.25, 0.3) is 0 Å². The first-order valence-electron chi connectivity index (χ1n) is 5.28. The van der Waals surface area contributed by atoms with Crippen LogP contribution in [0.5, 0.6) is 0 Å². The first-order valence-corrected chi connectivity index (χ1v) is 5.28. The number of hydrogen-bond donors (Lipinski definition) is 3. The van der Waals surface area contributed by atoms with Gasteiger partial charge in [0, 0.05) is 12.0 Å². The molecule has 0 heterocycles. The molecule has 0 amide bonds. The summed E-state index contributed by atoms with van der Waals surface area (Å²) in [5.74, 6) is -0.522. The van der Waals surface area contributed by atoms with Gasteiger partial charge in [0.05, 0.1) is 24.9 Å². The molecule has 0 radical (unpaired) electrons. The first kappa shape index (κ1) is 15.1. The second kappa shape index (κ2) is 7.38. The second-order valence-electron chi connectivity index (χ2n) is 3.71. The molecule has 5 heteroatoms. The van der Waals surface area contributed by atoms with Crippen molar-refractivity contribution in [3.05, 3.63) is 11.6 Å². The van der Waals surface area contributed by atoms with Gasteiger partial charge in [-0.3, -0.25) is 0 Å². The first-order chi connectivity index (χ1) is 7.38. The number of esters is 1. The van der Waals surface area contributed by atoms with E-state index in [2.05, 4.69) is 0 Å². The highest BCUT2D eigenvalue weighted by molar-refractivity contribution is 5.87. The van der Waals surface area contributed by atoms with E-state index in [0.29, 0.717) is 0 Å². The maximum Gasteiger partial charge on any atom is 0.333 e. The molecule has 0 aliphatic rings. The van der Waals surface area contributed by atoms with Gasteiger partial charge in [0.15, 0.2) is 0 Å². The zero-order chi connectivity index (χ0) is 12.7. The molecular weight excluding hydrogens is 212 g/mol. The molecule has 3 N–H and O–H groups in total. The quantitative estimate of drug-likeness (QED) is 0.443. The van der Waals surface area contributed by atoms with Crippen LogP contribution >= 0.6 is 0 Å². The zero-order valence-electron chi connectivity index (χ0n) is 9.88. The van der Waals surface area contributed by atoms with Crippen molar-refractivity contribution in [3.63, 3.8) is 0 Å². The van der Waals surface area contributed by atoms with E-state index >= 15 is 0 Å². The molecule has 5 nitrogen and oxygen atoms in total. The molecule has 0 aliphatic heterocycles. The summed E-state index contributed by atoms with van der Waals surface area (Å²) in [4.78, 5) is 11.2. The van der Waals surface area contributed by atoms with Crippen molar-refractivity contribution >= 4 is 5.97 Å². The molecule has 0 aromatic rings. The van der Waals surface area contributed by atoms with Crippen molar-refractivity contribution < 1.29 is 24.9 Å². The maximum atomic E-state index is 11.2. The molecule has 0 aliphatic carbocycles. The van der Waals surface area contributed by atoms with Gasteiger partial charge < -0.3 is 20.1 Å². The average molecular weight is 232 g/mol. The van der Waals surface area contributed by atoms with Gasteiger partial charge in [-0.05, 0) is 26.8 Å². The largest absolute Gasteiger partial charge is 0.463 e. The van der Waals surface area contributed by atoms with Crippen LogP contribution in [-0.2, 0) is 9.53 Å². The number of aliphatic hydroxyl groups is 3. The molecule has 0 saturated heterocycles. The van der Waals surface area contributed by atoms with Crippen LogP contribution in [0.25, 0.3) is 0 Å². The van der Waals surface area contributed by atoms with Crippen LogP contribution < -0.4 is 0 Å². The SMILES string of the molecule is CCOC(=O)/C(C)=C/[C@H](O)[C@@H](O)C[C@H](C)O. The molecule has 94 valence electrons. The van der Waals surface area contributed by atoms with E-state index in [1.54, 1.807) is 6.92 Å². The summed E-state index contributed by atoms with van der Waals surface area (Å²) in [7, 11) is 0. The van der Waals surface area contributed by atoms with E-state index in [-0.39, 0.29) is 18.6 Å². The summed E-state index contributed by atoms with van der Waals surface area (Å²) in [6.45, 7) is 4.95. The Labute approximate surface area is 95.4 Å². The lowest BCUT2D eigenvalue weighted by molar-refractivity contribution is -0.138. The molecular formula is C11H20O5. The van der Waals surface area contributed by atoms with Crippen molar-refractivity contribution in [2.45, 2.75) is 45.5 Å². The minimum Gasteiger partial charge on any atom is -0.463 e. The van der Waals surface area contributed by atoms with Gasteiger partial charge in [0.2, 0.25) is 0 Å². The number of rotatable bonds is 6. The lowest BCUT2D eigenvalue weighted by atomic mass is 10.1. The Bertz CT molecular complexity index is 247. The third kappa shape index (κ3) is 5.85. The summed E-state index contributed by atoms with van der Waals surface area (Å²) >= 11 is 0. The number of ether oxygens (including phenoxy) is 1. The Balaban J connectivity index is 4.33. The average Bonchev–Trinajstić information content (AvgIpc) is 2.16. The highest BCUT2D eigenvalue weighted by atomic mass is 16.5. The molecule has 0 spiro atoms. The van der Waals surface area contributed by atoms with Gasteiger partial charge in [-0.1, -0.05) is 0 Å². The van der Waals surface area contributed by atoms with Gasteiger partial charge in [0.1, 0.15) is 0 Å². The molecule has 0 unspecified atom stereocenters. The lowest BCUT2D eigenvalue weighted by Crippen LogP contribution is -2.28. The predicted octanol–water partition coefficient (Wildman–Crippen LogP) is -0.0115. The molecule has 0 bridgehead atoms. The van der Waals surface area contributed by atoms with Crippen LogP contribution in [0.4, 0.5) is 0 Å². The van der Waals surface area contributed by atoms with E-state index in [9.17, 15) is 15.0 Å². The molecule has 0 fully saturated rings. The second-order valence-corrected chi connectivity index (χ2v) is 3.71. The van der Waals surface area contributed by atoms with E-state index < -0.39 is 24.3 Å². The minimum absolute atomic E-state index is 0.0494. The van der Waals surface area contributed by atoms with Crippen LogP contribution in [0.15, 0.2) is 11.6 Å². The normalized spacial score (nSPS) is 17.8. The number of carbonyl (C=O) groups excluding carboxylic acids is 1. The van der Waals surface area contributed by atoms with Crippen molar-refractivity contribution in [2.24, 2.45) is 0 Å². The maximum absolute atomic E-state index is 11.2. The van der Waals surface area contributed by atoms with Gasteiger partial charge >= 0.3 is 5.97 Å². The van der Waals surface area contributed by atoms with Gasteiger partial charge in [-0.25, -0.2) is 4.79 Å². The van der Waals surface area contributed by atoms with Crippen LogP contribution in [0.2, 0.25) is 0 Å². The van der Waals surface area contributed by atoms with Crippen LogP contribution in [-0.4, -0.2) is 46.2 Å². The van der Waals surface area contributed by atoms with E-state index in [4.69, 9.17) is 9.84 Å².